The first-order valence-corrected chi connectivity index (χ1v) is 5.80. The monoisotopic (exact) mass is 291 g/mol. The highest BCUT2D eigenvalue weighted by Crippen LogP contribution is 2.42. The summed E-state index contributed by atoms with van der Waals surface area (Å²) in [5, 5.41) is 18.3. The van der Waals surface area contributed by atoms with Crippen LogP contribution in [-0.2, 0) is 4.74 Å². The zero-order valence-electron chi connectivity index (χ0n) is 9.61. The first-order valence-electron chi connectivity index (χ1n) is 4.98. The van der Waals surface area contributed by atoms with Crippen molar-refractivity contribution in [2.24, 2.45) is 0 Å². The average molecular weight is 291 g/mol. The maximum Gasteiger partial charge on any atom is 0.446 e. The van der Waals surface area contributed by atoms with Crippen LogP contribution in [0.2, 0.25) is 0 Å². The van der Waals surface area contributed by atoms with Crippen LogP contribution in [0.4, 0.5) is 13.2 Å². The number of ether oxygens (including phenoxy) is 1. The van der Waals surface area contributed by atoms with E-state index in [4.69, 9.17) is 5.26 Å². The first-order chi connectivity index (χ1) is 8.78. The molecule has 1 rings (SSSR count). The molecule has 1 aromatic carbocycles. The van der Waals surface area contributed by atoms with Gasteiger partial charge in [-0.25, -0.2) is 4.79 Å². The zero-order valence-corrected chi connectivity index (χ0v) is 10.4. The Bertz CT molecular complexity index is 537. The van der Waals surface area contributed by atoms with Crippen molar-refractivity contribution in [3.8, 4) is 11.8 Å². The van der Waals surface area contributed by atoms with Gasteiger partial charge >= 0.3 is 11.5 Å². The second-order valence-electron chi connectivity index (χ2n) is 3.25. The van der Waals surface area contributed by atoms with Crippen molar-refractivity contribution >= 4 is 17.7 Å². The number of halogens is 3. The van der Waals surface area contributed by atoms with E-state index in [2.05, 4.69) is 4.74 Å². The van der Waals surface area contributed by atoms with Gasteiger partial charge in [0.1, 0.15) is 11.8 Å². The number of hydrogen-bond acceptors (Lipinski definition) is 5. The van der Waals surface area contributed by atoms with E-state index >= 15 is 0 Å². The molecule has 0 saturated carbocycles. The molecule has 0 fully saturated rings. The highest BCUT2D eigenvalue weighted by atomic mass is 32.2. The molecule has 0 amide bonds. The molecule has 0 aromatic heterocycles. The Morgan fingerprint density at radius 3 is 2.63 bits per heavy atom. The number of aromatic hydroxyl groups is 1. The summed E-state index contributed by atoms with van der Waals surface area (Å²) in [6.07, 6.45) is 0. The number of esters is 1. The number of nitriles is 1. The molecule has 0 radical (unpaired) electrons. The molecule has 0 aliphatic heterocycles. The summed E-state index contributed by atoms with van der Waals surface area (Å²) in [6.45, 7) is 1.58. The largest absolute Gasteiger partial charge is 0.507 e. The van der Waals surface area contributed by atoms with Gasteiger partial charge < -0.3 is 9.84 Å². The molecule has 19 heavy (non-hydrogen) atoms. The summed E-state index contributed by atoms with van der Waals surface area (Å²) in [7, 11) is 0. The van der Waals surface area contributed by atoms with E-state index in [0.29, 0.717) is 0 Å². The van der Waals surface area contributed by atoms with Gasteiger partial charge in [-0.15, -0.1) is 0 Å². The van der Waals surface area contributed by atoms with Crippen LogP contribution in [0, 0.1) is 11.3 Å². The summed E-state index contributed by atoms with van der Waals surface area (Å²) in [5.74, 6) is -1.61. The van der Waals surface area contributed by atoms with Gasteiger partial charge in [-0.3, -0.25) is 0 Å². The van der Waals surface area contributed by atoms with E-state index in [1.54, 1.807) is 6.07 Å². The Morgan fingerprint density at radius 2 is 2.16 bits per heavy atom. The van der Waals surface area contributed by atoms with Crippen LogP contribution >= 0.6 is 11.8 Å². The number of carbonyl (C=O) groups is 1. The number of carbonyl (C=O) groups excluding carboxylic acids is 1. The second-order valence-corrected chi connectivity index (χ2v) is 4.35. The molecule has 0 spiro atoms. The first kappa shape index (κ1) is 15.2. The lowest BCUT2D eigenvalue weighted by molar-refractivity contribution is -0.0329. The smallest absolute Gasteiger partial charge is 0.446 e. The Hall–Kier alpha value is -1.88. The van der Waals surface area contributed by atoms with Gasteiger partial charge in [-0.2, -0.15) is 18.4 Å². The van der Waals surface area contributed by atoms with Gasteiger partial charge in [0.15, 0.2) is 0 Å². The maximum atomic E-state index is 12.2. The number of benzene rings is 1. The molecule has 8 heteroatoms. The quantitative estimate of drug-likeness (QED) is 0.684. The molecule has 1 N–H and O–H groups in total. The Kier molecular flexibility index (Phi) is 4.67. The fourth-order valence-electron chi connectivity index (χ4n) is 1.25. The molecule has 0 heterocycles. The molecule has 102 valence electrons. The highest BCUT2D eigenvalue weighted by Gasteiger charge is 2.31. The number of thioether (sulfide) groups is 1. The van der Waals surface area contributed by atoms with Crippen LogP contribution in [0.5, 0.6) is 5.75 Å². The average Bonchev–Trinajstić information content (AvgIpc) is 2.29. The van der Waals surface area contributed by atoms with Crippen LogP contribution < -0.4 is 0 Å². The van der Waals surface area contributed by atoms with Crippen molar-refractivity contribution in [3.05, 3.63) is 23.3 Å². The predicted molar refractivity (Wildman–Crippen MR) is 60.7 cm³/mol. The summed E-state index contributed by atoms with van der Waals surface area (Å²) in [4.78, 5) is 10.9. The lowest BCUT2D eigenvalue weighted by atomic mass is 10.1. The third-order valence-electron chi connectivity index (χ3n) is 1.94. The zero-order chi connectivity index (χ0) is 14.6. The van der Waals surface area contributed by atoms with E-state index in [1.165, 1.54) is 6.92 Å². The fraction of sp³-hybridized carbons (Fsp3) is 0.273. The number of phenolic OH excluding ortho intramolecular Hbond substituents is 1. The fourth-order valence-corrected chi connectivity index (χ4v) is 1.83. The summed E-state index contributed by atoms with van der Waals surface area (Å²) < 4.78 is 41.3. The third-order valence-corrected chi connectivity index (χ3v) is 2.72. The molecular formula is C11H8F3NO3S. The SMILES string of the molecule is CCOC(=O)c1cc(O)c(SC(F)(F)F)cc1C#N. The molecule has 0 unspecified atom stereocenters. The minimum Gasteiger partial charge on any atom is -0.507 e. The number of nitrogens with zero attached hydrogens (tertiary/aromatic N) is 1. The van der Waals surface area contributed by atoms with Crippen molar-refractivity contribution in [2.45, 2.75) is 17.3 Å². The van der Waals surface area contributed by atoms with Gasteiger partial charge in [-0.05, 0) is 30.8 Å². The van der Waals surface area contributed by atoms with Gasteiger partial charge in [0.05, 0.1) is 22.6 Å². The minimum absolute atomic E-state index is 0.0452. The van der Waals surface area contributed by atoms with Crippen molar-refractivity contribution in [3.63, 3.8) is 0 Å². The van der Waals surface area contributed by atoms with Crippen molar-refractivity contribution < 1.29 is 27.8 Å². The van der Waals surface area contributed by atoms with Gasteiger partial charge in [0, 0.05) is 0 Å². The lowest BCUT2D eigenvalue weighted by Gasteiger charge is -2.10. The molecular weight excluding hydrogens is 283 g/mol. The van der Waals surface area contributed by atoms with Crippen LogP contribution in [0.15, 0.2) is 17.0 Å². The minimum atomic E-state index is -4.60. The van der Waals surface area contributed by atoms with Gasteiger partial charge in [0.25, 0.3) is 0 Å². The summed E-state index contributed by atoms with van der Waals surface area (Å²) >= 11 is -0.563. The van der Waals surface area contributed by atoms with Gasteiger partial charge in [-0.1, -0.05) is 0 Å². The van der Waals surface area contributed by atoms with Crippen LogP contribution in [0.3, 0.4) is 0 Å². The molecule has 0 aliphatic rings. The number of rotatable bonds is 3. The van der Waals surface area contributed by atoms with E-state index in [9.17, 15) is 23.1 Å². The van der Waals surface area contributed by atoms with Crippen molar-refractivity contribution in [2.75, 3.05) is 6.61 Å². The molecule has 0 bridgehead atoms. The van der Waals surface area contributed by atoms with Crippen LogP contribution in [-0.4, -0.2) is 23.2 Å². The Morgan fingerprint density at radius 1 is 1.53 bits per heavy atom. The standard InChI is InChI=1S/C11H8F3NO3S/c1-2-18-10(17)7-4-8(16)9(3-6(7)5-15)19-11(12,13)14/h3-4,16H,2H2,1H3. The maximum absolute atomic E-state index is 12.2. The number of hydrogen-bond donors (Lipinski definition) is 1. The second kappa shape index (κ2) is 5.84. The van der Waals surface area contributed by atoms with Gasteiger partial charge in [0.2, 0.25) is 0 Å². The summed E-state index contributed by atoms with van der Waals surface area (Å²) in [5.41, 5.74) is -5.16. The molecule has 0 aliphatic carbocycles. The predicted octanol–water partition coefficient (Wildman–Crippen LogP) is 3.05. The van der Waals surface area contributed by atoms with Crippen LogP contribution in [0.25, 0.3) is 0 Å². The topological polar surface area (TPSA) is 70.3 Å². The normalized spacial score (nSPS) is 10.9. The van der Waals surface area contributed by atoms with E-state index in [0.717, 1.165) is 12.1 Å². The molecule has 0 atom stereocenters. The van der Waals surface area contributed by atoms with E-state index in [1.807, 2.05) is 0 Å². The molecule has 0 saturated heterocycles. The highest BCUT2D eigenvalue weighted by molar-refractivity contribution is 8.00. The Balaban J connectivity index is 3.22. The summed E-state index contributed by atoms with van der Waals surface area (Å²) in [6, 6.07) is 3.20. The number of alkyl halides is 3. The molecule has 4 nitrogen and oxygen atoms in total. The van der Waals surface area contributed by atoms with Crippen LogP contribution in [0.1, 0.15) is 22.8 Å². The van der Waals surface area contributed by atoms with Crippen molar-refractivity contribution in [1.82, 2.24) is 0 Å². The van der Waals surface area contributed by atoms with Crippen molar-refractivity contribution in [1.29, 1.82) is 5.26 Å². The number of phenols is 1. The van der Waals surface area contributed by atoms with E-state index in [-0.39, 0.29) is 17.7 Å². The molecule has 1 aromatic rings. The Labute approximate surface area is 110 Å². The third kappa shape index (κ3) is 4.06. The lowest BCUT2D eigenvalue weighted by Crippen LogP contribution is -2.07. The van der Waals surface area contributed by atoms with E-state index < -0.39 is 33.9 Å².